The smallest absolute Gasteiger partial charge is 0.0642 e. The normalized spacial score (nSPS) is 12.2. The monoisotopic (exact) mass is 303 g/mol. The lowest BCUT2D eigenvalue weighted by Gasteiger charge is -2.21. The first kappa shape index (κ1) is 15.8. The van der Waals surface area contributed by atoms with E-state index >= 15 is 0 Å². The van der Waals surface area contributed by atoms with Gasteiger partial charge in [-0.05, 0) is 43.2 Å². The van der Waals surface area contributed by atoms with Crippen LogP contribution in [-0.2, 0) is 12.8 Å². The Kier molecular flexibility index (Phi) is 5.59. The van der Waals surface area contributed by atoms with E-state index in [9.17, 15) is 0 Å². The number of benzene rings is 1. The summed E-state index contributed by atoms with van der Waals surface area (Å²) in [5.74, 6) is 0. The fourth-order valence-electron chi connectivity index (χ4n) is 2.31. The van der Waals surface area contributed by atoms with Crippen molar-refractivity contribution in [1.82, 2.24) is 4.98 Å². The molecule has 4 heteroatoms. The molecule has 0 saturated carbocycles. The van der Waals surface area contributed by atoms with Crippen LogP contribution in [0.15, 0.2) is 42.6 Å². The molecule has 0 spiro atoms. The average Bonchev–Trinajstić information content (AvgIpc) is 2.45. The zero-order valence-corrected chi connectivity index (χ0v) is 13.3. The van der Waals surface area contributed by atoms with Gasteiger partial charge in [-0.3, -0.25) is 4.98 Å². The summed E-state index contributed by atoms with van der Waals surface area (Å²) in [5, 5.41) is 0.775. The molecule has 0 fully saturated rings. The number of likely N-dealkylation sites (N-methyl/N-ethyl adjacent to an activating group) is 1. The second kappa shape index (κ2) is 7.43. The molecule has 0 aliphatic carbocycles. The lowest BCUT2D eigenvalue weighted by Crippen LogP contribution is -2.21. The van der Waals surface area contributed by atoms with Gasteiger partial charge in [0.25, 0.3) is 0 Å². The van der Waals surface area contributed by atoms with Crippen LogP contribution in [0, 0.1) is 0 Å². The quantitative estimate of drug-likeness (QED) is 0.890. The molecule has 1 aromatic heterocycles. The van der Waals surface area contributed by atoms with Crippen molar-refractivity contribution in [2.45, 2.75) is 25.8 Å². The van der Waals surface area contributed by atoms with E-state index in [1.807, 2.05) is 37.4 Å². The van der Waals surface area contributed by atoms with Crippen LogP contribution in [0.3, 0.4) is 0 Å². The summed E-state index contributed by atoms with van der Waals surface area (Å²) in [4.78, 5) is 6.50. The van der Waals surface area contributed by atoms with E-state index in [4.69, 9.17) is 17.3 Å². The van der Waals surface area contributed by atoms with Gasteiger partial charge in [-0.15, -0.1) is 0 Å². The van der Waals surface area contributed by atoms with Crippen molar-refractivity contribution >= 4 is 17.3 Å². The average molecular weight is 304 g/mol. The van der Waals surface area contributed by atoms with Crippen molar-refractivity contribution in [3.63, 3.8) is 0 Å². The van der Waals surface area contributed by atoms with Crippen LogP contribution in [-0.4, -0.2) is 24.6 Å². The minimum atomic E-state index is 0.147. The first-order valence-electron chi connectivity index (χ1n) is 7.21. The molecule has 1 atom stereocenters. The lowest BCUT2D eigenvalue weighted by atomic mass is 10.1. The molecule has 0 saturated heterocycles. The van der Waals surface area contributed by atoms with Crippen LogP contribution < -0.4 is 10.6 Å². The fraction of sp³-hybridized carbons (Fsp3) is 0.353. The Hall–Kier alpha value is -1.58. The zero-order valence-electron chi connectivity index (χ0n) is 12.6. The van der Waals surface area contributed by atoms with E-state index < -0.39 is 0 Å². The van der Waals surface area contributed by atoms with Crippen LogP contribution in [0.5, 0.6) is 0 Å². The van der Waals surface area contributed by atoms with Gasteiger partial charge in [0.05, 0.1) is 10.7 Å². The second-order valence-corrected chi connectivity index (χ2v) is 5.87. The molecular weight excluding hydrogens is 282 g/mol. The number of halogens is 1. The van der Waals surface area contributed by atoms with Crippen molar-refractivity contribution in [2.24, 2.45) is 5.73 Å². The van der Waals surface area contributed by atoms with Crippen molar-refractivity contribution in [3.05, 3.63) is 58.9 Å². The van der Waals surface area contributed by atoms with Gasteiger partial charge in [-0.2, -0.15) is 0 Å². The van der Waals surface area contributed by atoms with E-state index in [-0.39, 0.29) is 6.04 Å². The Morgan fingerprint density at radius 1 is 1.29 bits per heavy atom. The number of anilines is 1. The number of rotatable bonds is 6. The number of nitrogens with zero attached hydrogens (tertiary/aromatic N) is 2. The molecule has 0 aliphatic heterocycles. The summed E-state index contributed by atoms with van der Waals surface area (Å²) < 4.78 is 0. The SMILES string of the molecule is CC(N)Cc1ccc(N(C)CCc2ccccn2)c(Cl)c1. The Morgan fingerprint density at radius 3 is 2.71 bits per heavy atom. The third-order valence-corrected chi connectivity index (χ3v) is 3.71. The van der Waals surface area contributed by atoms with Gasteiger partial charge in [0, 0.05) is 37.9 Å². The number of hydrogen-bond acceptors (Lipinski definition) is 3. The summed E-state index contributed by atoms with van der Waals surface area (Å²) in [5.41, 5.74) is 9.14. The molecule has 1 unspecified atom stereocenters. The second-order valence-electron chi connectivity index (χ2n) is 5.46. The molecule has 0 bridgehead atoms. The minimum absolute atomic E-state index is 0.147. The minimum Gasteiger partial charge on any atom is -0.373 e. The van der Waals surface area contributed by atoms with Crippen molar-refractivity contribution in [1.29, 1.82) is 0 Å². The molecule has 2 N–H and O–H groups in total. The summed E-state index contributed by atoms with van der Waals surface area (Å²) in [7, 11) is 2.05. The van der Waals surface area contributed by atoms with Gasteiger partial charge in [0.1, 0.15) is 0 Å². The predicted molar refractivity (Wildman–Crippen MR) is 90.0 cm³/mol. The number of nitrogens with two attached hydrogens (primary N) is 1. The van der Waals surface area contributed by atoms with Gasteiger partial charge in [0.2, 0.25) is 0 Å². The fourth-order valence-corrected chi connectivity index (χ4v) is 2.65. The van der Waals surface area contributed by atoms with Gasteiger partial charge in [-0.25, -0.2) is 0 Å². The molecular formula is C17H22ClN3. The van der Waals surface area contributed by atoms with Crippen molar-refractivity contribution in [3.8, 4) is 0 Å². The molecule has 21 heavy (non-hydrogen) atoms. The number of aromatic nitrogens is 1. The molecule has 1 heterocycles. The highest BCUT2D eigenvalue weighted by atomic mass is 35.5. The Balaban J connectivity index is 2.00. The maximum absolute atomic E-state index is 6.39. The van der Waals surface area contributed by atoms with E-state index in [0.29, 0.717) is 0 Å². The van der Waals surface area contributed by atoms with Crippen LogP contribution in [0.4, 0.5) is 5.69 Å². The summed E-state index contributed by atoms with van der Waals surface area (Å²) in [6.45, 7) is 2.88. The zero-order chi connectivity index (χ0) is 15.2. The maximum atomic E-state index is 6.39. The standard InChI is InChI=1S/C17H22ClN3/c1-13(19)11-14-6-7-17(16(18)12-14)21(2)10-8-15-5-3-4-9-20-15/h3-7,9,12-13H,8,10-11,19H2,1-2H3. The maximum Gasteiger partial charge on any atom is 0.0642 e. The molecule has 2 rings (SSSR count). The lowest BCUT2D eigenvalue weighted by molar-refractivity contribution is 0.738. The van der Waals surface area contributed by atoms with Gasteiger partial charge in [-0.1, -0.05) is 23.7 Å². The van der Waals surface area contributed by atoms with Gasteiger partial charge < -0.3 is 10.6 Å². The molecule has 1 aromatic carbocycles. The predicted octanol–water partition coefficient (Wildman–Crippen LogP) is 3.30. The highest BCUT2D eigenvalue weighted by molar-refractivity contribution is 6.33. The van der Waals surface area contributed by atoms with Crippen molar-refractivity contribution in [2.75, 3.05) is 18.5 Å². The van der Waals surface area contributed by atoms with E-state index in [2.05, 4.69) is 29.1 Å². The summed E-state index contributed by atoms with van der Waals surface area (Å²) >= 11 is 6.39. The summed E-state index contributed by atoms with van der Waals surface area (Å²) in [6, 6.07) is 12.3. The van der Waals surface area contributed by atoms with Crippen LogP contribution in [0.25, 0.3) is 0 Å². The molecule has 3 nitrogen and oxygen atoms in total. The molecule has 0 amide bonds. The largest absolute Gasteiger partial charge is 0.373 e. The number of hydrogen-bond donors (Lipinski definition) is 1. The van der Waals surface area contributed by atoms with Gasteiger partial charge in [0.15, 0.2) is 0 Å². The topological polar surface area (TPSA) is 42.1 Å². The third-order valence-electron chi connectivity index (χ3n) is 3.41. The third kappa shape index (κ3) is 4.73. The highest BCUT2D eigenvalue weighted by Gasteiger charge is 2.08. The Bertz CT molecular complexity index is 570. The summed E-state index contributed by atoms with van der Waals surface area (Å²) in [6.07, 6.45) is 3.57. The first-order chi connectivity index (χ1) is 10.1. The van der Waals surface area contributed by atoms with E-state index in [1.54, 1.807) is 0 Å². The molecule has 0 aliphatic rings. The van der Waals surface area contributed by atoms with E-state index in [0.717, 1.165) is 35.8 Å². The van der Waals surface area contributed by atoms with Crippen molar-refractivity contribution < 1.29 is 0 Å². The first-order valence-corrected chi connectivity index (χ1v) is 7.59. The molecule has 2 aromatic rings. The van der Waals surface area contributed by atoms with Crippen LogP contribution >= 0.6 is 11.6 Å². The van der Waals surface area contributed by atoms with Crippen LogP contribution in [0.1, 0.15) is 18.2 Å². The molecule has 0 radical (unpaired) electrons. The Morgan fingerprint density at radius 2 is 2.10 bits per heavy atom. The Labute approximate surface area is 131 Å². The molecule has 112 valence electrons. The van der Waals surface area contributed by atoms with Gasteiger partial charge >= 0.3 is 0 Å². The number of pyridine rings is 1. The van der Waals surface area contributed by atoms with E-state index in [1.165, 1.54) is 5.56 Å². The van der Waals surface area contributed by atoms with Crippen LogP contribution in [0.2, 0.25) is 5.02 Å². The highest BCUT2D eigenvalue weighted by Crippen LogP contribution is 2.26.